The molecule has 2 aromatic heterocycles. The molecule has 0 radical (unpaired) electrons. The van der Waals surface area contributed by atoms with Crippen LogP contribution in [-0.4, -0.2) is 92.7 Å². The Labute approximate surface area is 210 Å². The van der Waals surface area contributed by atoms with Crippen LogP contribution in [0.3, 0.4) is 0 Å². The van der Waals surface area contributed by atoms with E-state index in [0.717, 1.165) is 36.6 Å². The zero-order chi connectivity index (χ0) is 26.3. The highest BCUT2D eigenvalue weighted by Crippen LogP contribution is 2.42. The minimum absolute atomic E-state index is 0.0959. The first kappa shape index (κ1) is 27.5. The second kappa shape index (κ2) is 10.7. The van der Waals surface area contributed by atoms with Crippen LogP contribution in [0.25, 0.3) is 11.0 Å². The number of hydrogen-bond donors (Lipinski definition) is 5. The lowest BCUT2D eigenvalue weighted by atomic mass is 10.1. The Bertz CT molecular complexity index is 1240. The third-order valence-electron chi connectivity index (χ3n) is 6.01. The fourth-order valence-corrected chi connectivity index (χ4v) is 5.55. The fourth-order valence-electron chi connectivity index (χ4n) is 4.20. The highest BCUT2D eigenvalue weighted by Gasteiger charge is 2.47. The summed E-state index contributed by atoms with van der Waals surface area (Å²) in [6, 6.07) is 0.210. The van der Waals surface area contributed by atoms with E-state index in [2.05, 4.69) is 20.4 Å². The molecule has 1 aliphatic carbocycles. The lowest BCUT2D eigenvalue weighted by Crippen LogP contribution is -2.37. The third kappa shape index (κ3) is 6.31. The summed E-state index contributed by atoms with van der Waals surface area (Å²) in [5.74, 6) is -1.43. The number of ether oxygens (including phenoxy) is 2. The second-order valence-corrected chi connectivity index (χ2v) is 12.7. The zero-order valence-corrected chi connectivity index (χ0v) is 21.5. The number of aliphatic hydroxyl groups excluding tert-OH is 1. The molecule has 5 atom stereocenters. The van der Waals surface area contributed by atoms with Crippen molar-refractivity contribution in [1.82, 2.24) is 24.5 Å². The van der Waals surface area contributed by atoms with Crippen LogP contribution in [0.4, 0.5) is 10.2 Å². The number of sulfonamides is 1. The number of hydrogen-bond acceptors (Lipinski definition) is 10. The molecule has 0 bridgehead atoms. The number of nitrogens with one attached hydrogen (secondary N) is 2. The first-order valence-electron chi connectivity index (χ1n) is 11.1. The van der Waals surface area contributed by atoms with Gasteiger partial charge in [-0.3, -0.25) is 4.57 Å². The van der Waals surface area contributed by atoms with Crippen LogP contribution in [0.5, 0.6) is 0 Å². The summed E-state index contributed by atoms with van der Waals surface area (Å²) in [7, 11) is -8.67. The third-order valence-corrected chi connectivity index (χ3v) is 7.95. The van der Waals surface area contributed by atoms with Crippen molar-refractivity contribution in [3.8, 4) is 0 Å². The van der Waals surface area contributed by atoms with Crippen molar-refractivity contribution in [2.75, 3.05) is 24.7 Å². The highest BCUT2D eigenvalue weighted by atomic mass is 35.5. The molecule has 0 spiro atoms. The van der Waals surface area contributed by atoms with Crippen molar-refractivity contribution in [3.63, 3.8) is 0 Å². The number of rotatable bonds is 10. The van der Waals surface area contributed by atoms with E-state index in [4.69, 9.17) is 21.1 Å². The standard InChI is InChI=1S/C18H27ClFN6O8PS/c1-36(31,32)22-7-12(35(28,29)30)33-8-11-14(27)13(20)17(34-11)26-16-10(6-21-26)15(24-18(19)25-16)23-9-4-2-3-5-9/h6,9,11-14,17,22,27H,2-5,7-8H2,1H3,(H,23,24,25)(H2,28,29,30)/t11-,12?,13+,14-,17-/m1/s1. The molecule has 0 aromatic carbocycles. The van der Waals surface area contributed by atoms with Gasteiger partial charge in [0, 0.05) is 12.6 Å². The van der Waals surface area contributed by atoms with Gasteiger partial charge in [-0.15, -0.1) is 0 Å². The summed E-state index contributed by atoms with van der Waals surface area (Å²) in [6.45, 7) is -1.37. The van der Waals surface area contributed by atoms with Gasteiger partial charge in [0.25, 0.3) is 0 Å². The fraction of sp³-hybridized carbons (Fsp3) is 0.722. The molecule has 18 heteroatoms. The average molecular weight is 573 g/mol. The molecule has 0 amide bonds. The van der Waals surface area contributed by atoms with Gasteiger partial charge in [0.2, 0.25) is 15.3 Å². The van der Waals surface area contributed by atoms with Gasteiger partial charge in [-0.25, -0.2) is 22.2 Å². The number of nitrogens with zero attached hydrogens (tertiary/aromatic N) is 4. The van der Waals surface area contributed by atoms with Gasteiger partial charge in [-0.05, 0) is 24.4 Å². The smallest absolute Gasteiger partial charge is 0.355 e. The van der Waals surface area contributed by atoms with Crippen LogP contribution in [0, 0.1) is 0 Å². The van der Waals surface area contributed by atoms with Crippen LogP contribution < -0.4 is 10.0 Å². The molecule has 1 saturated carbocycles. The normalized spacial score (nSPS) is 26.6. The maximum absolute atomic E-state index is 15.1. The van der Waals surface area contributed by atoms with E-state index in [1.165, 1.54) is 6.20 Å². The predicted octanol–water partition coefficient (Wildman–Crippen LogP) is 0.500. The van der Waals surface area contributed by atoms with Crippen LogP contribution in [0.2, 0.25) is 5.28 Å². The lowest BCUT2D eigenvalue weighted by Gasteiger charge is -2.22. The lowest BCUT2D eigenvalue weighted by molar-refractivity contribution is -0.0728. The first-order chi connectivity index (χ1) is 16.8. The summed E-state index contributed by atoms with van der Waals surface area (Å²) in [5, 5.41) is 18.2. The Hall–Kier alpha value is -1.49. The van der Waals surface area contributed by atoms with Gasteiger partial charge in [-0.2, -0.15) is 15.1 Å². The monoisotopic (exact) mass is 572 g/mol. The first-order valence-corrected chi connectivity index (χ1v) is 15.0. The molecule has 14 nitrogen and oxygen atoms in total. The molecular formula is C18H27ClFN6O8PS. The second-order valence-electron chi connectivity index (χ2n) is 8.79. The molecule has 5 N–H and O–H groups in total. The molecule has 1 saturated heterocycles. The van der Waals surface area contributed by atoms with Crippen LogP contribution >= 0.6 is 19.2 Å². The topological polar surface area (TPSA) is 198 Å². The molecule has 202 valence electrons. The summed E-state index contributed by atoms with van der Waals surface area (Å²) in [4.78, 5) is 27.3. The number of anilines is 1. The summed E-state index contributed by atoms with van der Waals surface area (Å²) in [6.07, 6.45) is -0.158. The van der Waals surface area contributed by atoms with E-state index in [1.54, 1.807) is 0 Å². The van der Waals surface area contributed by atoms with E-state index < -0.39 is 61.2 Å². The van der Waals surface area contributed by atoms with Crippen molar-refractivity contribution >= 4 is 46.1 Å². The van der Waals surface area contributed by atoms with Crippen molar-refractivity contribution in [3.05, 3.63) is 11.5 Å². The molecule has 2 aromatic rings. The minimum atomic E-state index is -4.91. The zero-order valence-electron chi connectivity index (χ0n) is 19.1. The molecule has 3 heterocycles. The van der Waals surface area contributed by atoms with Crippen molar-refractivity contribution in [2.24, 2.45) is 0 Å². The summed E-state index contributed by atoms with van der Waals surface area (Å²) in [5.41, 5.74) is 0.169. The van der Waals surface area contributed by atoms with Gasteiger partial charge >= 0.3 is 7.60 Å². The maximum atomic E-state index is 15.1. The Balaban J connectivity index is 1.50. The van der Waals surface area contributed by atoms with Crippen molar-refractivity contribution < 1.29 is 41.7 Å². The Kier molecular flexibility index (Phi) is 8.19. The Morgan fingerprint density at radius 2 is 2.06 bits per heavy atom. The number of fused-ring (bicyclic) bond motifs is 1. The van der Waals surface area contributed by atoms with E-state index in [9.17, 15) is 27.9 Å². The molecule has 1 unspecified atom stereocenters. The van der Waals surface area contributed by atoms with Crippen LogP contribution in [-0.2, 0) is 24.1 Å². The largest absolute Gasteiger partial charge is 0.387 e. The average Bonchev–Trinajstić information content (AvgIpc) is 3.48. The summed E-state index contributed by atoms with van der Waals surface area (Å²) < 4.78 is 63.1. The minimum Gasteiger partial charge on any atom is -0.387 e. The van der Waals surface area contributed by atoms with E-state index in [-0.39, 0.29) is 17.0 Å². The van der Waals surface area contributed by atoms with Gasteiger partial charge in [0.1, 0.15) is 18.0 Å². The number of aromatic nitrogens is 4. The quantitative estimate of drug-likeness (QED) is 0.195. The number of aliphatic hydroxyl groups is 1. The number of alkyl halides is 1. The van der Waals surface area contributed by atoms with Crippen LogP contribution in [0.15, 0.2) is 6.20 Å². The van der Waals surface area contributed by atoms with Crippen LogP contribution in [0.1, 0.15) is 31.9 Å². The molecule has 2 fully saturated rings. The van der Waals surface area contributed by atoms with Gasteiger partial charge in [-0.1, -0.05) is 12.8 Å². The Morgan fingerprint density at radius 1 is 1.36 bits per heavy atom. The number of halogens is 2. The van der Waals surface area contributed by atoms with Gasteiger partial charge < -0.3 is 29.7 Å². The molecule has 36 heavy (non-hydrogen) atoms. The Morgan fingerprint density at radius 3 is 2.69 bits per heavy atom. The van der Waals surface area contributed by atoms with E-state index in [1.807, 2.05) is 4.72 Å². The molecule has 1 aliphatic heterocycles. The van der Waals surface area contributed by atoms with Crippen molar-refractivity contribution in [2.45, 2.75) is 62.2 Å². The predicted molar refractivity (Wildman–Crippen MR) is 126 cm³/mol. The van der Waals surface area contributed by atoms with Gasteiger partial charge in [0.15, 0.2) is 23.9 Å². The summed E-state index contributed by atoms with van der Waals surface area (Å²) >= 11 is 6.10. The SMILES string of the molecule is CS(=O)(=O)NCC(OC[C@H]1O[C@@H](n2ncc3c(NC4CCCC4)nc(Cl)nc32)[C@@H](F)[C@@H]1O)P(=O)(O)O. The molecular weight excluding hydrogens is 546 g/mol. The molecule has 2 aliphatic rings. The van der Waals surface area contributed by atoms with Crippen molar-refractivity contribution in [1.29, 1.82) is 0 Å². The maximum Gasteiger partial charge on any atom is 0.355 e. The van der Waals surface area contributed by atoms with E-state index in [0.29, 0.717) is 11.2 Å². The molecule has 4 rings (SSSR count). The van der Waals surface area contributed by atoms with E-state index >= 15 is 4.39 Å². The van der Waals surface area contributed by atoms with Gasteiger partial charge in [0.05, 0.1) is 24.4 Å². The highest BCUT2D eigenvalue weighted by molar-refractivity contribution is 7.88.